The molecule has 2 atom stereocenters. The molecule has 3 nitrogen and oxygen atoms in total. The number of rotatable bonds is 6. The smallest absolute Gasteiger partial charge is 0.253 e. The quantitative estimate of drug-likeness (QED) is 0.453. The number of carbonyl (C=O) groups is 1. The molecule has 2 heterocycles. The van der Waals surface area contributed by atoms with Crippen molar-refractivity contribution in [2.24, 2.45) is 11.8 Å². The number of hydrogen-bond acceptors (Lipinski definition) is 2. The molecule has 3 aromatic carbocycles. The molecule has 2 fully saturated rings. The first kappa shape index (κ1) is 23.7. The number of carbonyl (C=O) groups excluding carboxylic acids is 1. The highest BCUT2D eigenvalue weighted by Gasteiger charge is 2.38. The van der Waals surface area contributed by atoms with Crippen LogP contribution >= 0.6 is 0 Å². The van der Waals surface area contributed by atoms with Gasteiger partial charge in [-0.25, -0.2) is 8.78 Å². The van der Waals surface area contributed by atoms with E-state index in [0.717, 1.165) is 31.6 Å². The number of amides is 1. The third-order valence-corrected chi connectivity index (χ3v) is 7.68. The Morgan fingerprint density at radius 2 is 1.43 bits per heavy atom. The van der Waals surface area contributed by atoms with Crippen LogP contribution < -0.4 is 0 Å². The van der Waals surface area contributed by atoms with Gasteiger partial charge >= 0.3 is 0 Å². The zero-order valence-electron chi connectivity index (χ0n) is 20.0. The molecule has 2 saturated heterocycles. The van der Waals surface area contributed by atoms with E-state index in [1.54, 1.807) is 12.1 Å². The Bertz CT molecular complexity index is 1110. The summed E-state index contributed by atoms with van der Waals surface area (Å²) in [6.07, 6.45) is 3.50. The fourth-order valence-corrected chi connectivity index (χ4v) is 5.74. The van der Waals surface area contributed by atoms with Crippen molar-refractivity contribution in [2.45, 2.75) is 25.2 Å². The Morgan fingerprint density at radius 3 is 2.09 bits per heavy atom. The minimum atomic E-state index is -0.347. The summed E-state index contributed by atoms with van der Waals surface area (Å²) in [6.45, 7) is 4.30. The Morgan fingerprint density at radius 1 is 0.800 bits per heavy atom. The number of piperidine rings is 1. The van der Waals surface area contributed by atoms with Gasteiger partial charge in [0.15, 0.2) is 0 Å². The maximum Gasteiger partial charge on any atom is 0.253 e. The van der Waals surface area contributed by atoms with Gasteiger partial charge in [0.05, 0.1) is 0 Å². The van der Waals surface area contributed by atoms with Gasteiger partial charge in [0.1, 0.15) is 11.6 Å². The van der Waals surface area contributed by atoms with Crippen LogP contribution in [0.15, 0.2) is 78.9 Å². The summed E-state index contributed by atoms with van der Waals surface area (Å²) in [4.78, 5) is 17.6. The first-order valence-electron chi connectivity index (χ1n) is 12.6. The van der Waals surface area contributed by atoms with Crippen molar-refractivity contribution in [1.29, 1.82) is 0 Å². The van der Waals surface area contributed by atoms with Gasteiger partial charge in [-0.3, -0.25) is 4.79 Å². The Kier molecular flexibility index (Phi) is 7.24. The van der Waals surface area contributed by atoms with Gasteiger partial charge in [-0.2, -0.15) is 0 Å². The van der Waals surface area contributed by atoms with Crippen molar-refractivity contribution < 1.29 is 13.6 Å². The summed E-state index contributed by atoms with van der Waals surface area (Å²) >= 11 is 0. The van der Waals surface area contributed by atoms with Crippen molar-refractivity contribution in [3.05, 3.63) is 107 Å². The lowest BCUT2D eigenvalue weighted by molar-refractivity contribution is 0.0780. The third kappa shape index (κ3) is 5.79. The van der Waals surface area contributed by atoms with Gasteiger partial charge in [-0.15, -0.1) is 0 Å². The Labute approximate surface area is 206 Å². The summed E-state index contributed by atoms with van der Waals surface area (Å²) in [6, 6.07) is 23.2. The monoisotopic (exact) mass is 474 g/mol. The predicted octanol–water partition coefficient (Wildman–Crippen LogP) is 5.78. The van der Waals surface area contributed by atoms with Gasteiger partial charge in [-0.05, 0) is 91.7 Å². The Balaban J connectivity index is 1.25. The first-order valence-corrected chi connectivity index (χ1v) is 12.6. The second kappa shape index (κ2) is 10.7. The highest BCUT2D eigenvalue weighted by molar-refractivity contribution is 5.94. The van der Waals surface area contributed by atoms with Crippen LogP contribution in [-0.2, 0) is 6.42 Å². The highest BCUT2D eigenvalue weighted by atomic mass is 19.1. The van der Waals surface area contributed by atoms with Crippen LogP contribution in [0.25, 0.3) is 0 Å². The minimum absolute atomic E-state index is 0.0684. The summed E-state index contributed by atoms with van der Waals surface area (Å²) in [7, 11) is 0. The van der Waals surface area contributed by atoms with Gasteiger partial charge in [0.25, 0.3) is 5.91 Å². The van der Waals surface area contributed by atoms with Gasteiger partial charge in [-0.1, -0.05) is 42.5 Å². The van der Waals surface area contributed by atoms with E-state index < -0.39 is 0 Å². The molecule has 0 N–H and O–H groups in total. The standard InChI is InChI=1S/C30H32F2N2O/c31-27-10-6-24(7-11-27)29-21-34(30(35)25-8-12-28(32)13-9-25)20-26(29)19-33-16-14-23(15-17-33)18-22-4-2-1-3-5-22/h1-13,23,26,29H,14-21H2. The number of hydrogen-bond donors (Lipinski definition) is 0. The summed E-state index contributed by atoms with van der Waals surface area (Å²) in [5.74, 6) is 0.476. The van der Waals surface area contributed by atoms with Crippen LogP contribution in [-0.4, -0.2) is 48.4 Å². The minimum Gasteiger partial charge on any atom is -0.338 e. The summed E-state index contributed by atoms with van der Waals surface area (Å²) in [5, 5.41) is 0. The molecule has 0 bridgehead atoms. The maximum atomic E-state index is 13.6. The van der Waals surface area contributed by atoms with E-state index in [-0.39, 0.29) is 29.4 Å². The molecule has 0 spiro atoms. The van der Waals surface area contributed by atoms with E-state index in [1.807, 2.05) is 17.0 Å². The average Bonchev–Trinajstić information content (AvgIpc) is 3.30. The van der Waals surface area contributed by atoms with Gasteiger partial charge in [0.2, 0.25) is 0 Å². The van der Waals surface area contributed by atoms with Gasteiger partial charge in [0, 0.05) is 31.1 Å². The fourth-order valence-electron chi connectivity index (χ4n) is 5.74. The van der Waals surface area contributed by atoms with Crippen molar-refractivity contribution in [3.63, 3.8) is 0 Å². The second-order valence-electron chi connectivity index (χ2n) is 10.1. The molecule has 0 aliphatic carbocycles. The van der Waals surface area contributed by atoms with E-state index in [4.69, 9.17) is 0 Å². The van der Waals surface area contributed by atoms with E-state index in [1.165, 1.54) is 42.7 Å². The lowest BCUT2D eigenvalue weighted by Gasteiger charge is -2.34. The second-order valence-corrected chi connectivity index (χ2v) is 10.1. The highest BCUT2D eigenvalue weighted by Crippen LogP contribution is 2.35. The normalized spacial score (nSPS) is 21.4. The SMILES string of the molecule is O=C(c1ccc(F)cc1)N1CC(CN2CCC(Cc3ccccc3)CC2)C(c2ccc(F)cc2)C1. The molecular weight excluding hydrogens is 442 g/mol. The van der Waals surface area contributed by atoms with E-state index in [2.05, 4.69) is 35.2 Å². The molecule has 2 aliphatic rings. The first-order chi connectivity index (χ1) is 17.0. The molecule has 0 radical (unpaired) electrons. The summed E-state index contributed by atoms with van der Waals surface area (Å²) < 4.78 is 26.9. The topological polar surface area (TPSA) is 23.6 Å². The van der Waals surface area contributed by atoms with Crippen molar-refractivity contribution in [2.75, 3.05) is 32.7 Å². The number of likely N-dealkylation sites (tertiary alicyclic amines) is 2. The fraction of sp³-hybridized carbons (Fsp3) is 0.367. The number of halogens is 2. The molecule has 0 saturated carbocycles. The van der Waals surface area contributed by atoms with Crippen molar-refractivity contribution >= 4 is 5.91 Å². The van der Waals surface area contributed by atoms with Crippen LogP contribution in [0.2, 0.25) is 0 Å². The third-order valence-electron chi connectivity index (χ3n) is 7.68. The molecule has 2 unspecified atom stereocenters. The van der Waals surface area contributed by atoms with Crippen LogP contribution in [0.3, 0.4) is 0 Å². The number of benzene rings is 3. The molecule has 182 valence electrons. The molecule has 3 aromatic rings. The molecule has 2 aliphatic heterocycles. The molecule has 35 heavy (non-hydrogen) atoms. The predicted molar refractivity (Wildman–Crippen MR) is 134 cm³/mol. The molecule has 5 rings (SSSR count). The number of nitrogens with zero attached hydrogens (tertiary/aromatic N) is 2. The molecule has 1 amide bonds. The summed E-state index contributed by atoms with van der Waals surface area (Å²) in [5.41, 5.74) is 2.99. The van der Waals surface area contributed by atoms with Gasteiger partial charge < -0.3 is 9.80 Å². The van der Waals surface area contributed by atoms with E-state index in [9.17, 15) is 13.6 Å². The van der Waals surface area contributed by atoms with Crippen molar-refractivity contribution in [1.82, 2.24) is 9.80 Å². The Hall–Kier alpha value is -3.05. The molecule has 5 heteroatoms. The molecule has 0 aromatic heterocycles. The zero-order valence-corrected chi connectivity index (χ0v) is 20.0. The van der Waals surface area contributed by atoms with E-state index in [0.29, 0.717) is 24.6 Å². The lowest BCUT2D eigenvalue weighted by Crippen LogP contribution is -2.39. The van der Waals surface area contributed by atoms with Crippen LogP contribution in [0, 0.1) is 23.5 Å². The zero-order chi connectivity index (χ0) is 24.2. The maximum absolute atomic E-state index is 13.6. The average molecular weight is 475 g/mol. The van der Waals surface area contributed by atoms with Crippen LogP contribution in [0.4, 0.5) is 8.78 Å². The largest absolute Gasteiger partial charge is 0.338 e. The van der Waals surface area contributed by atoms with E-state index >= 15 is 0 Å². The lowest BCUT2D eigenvalue weighted by atomic mass is 9.86. The van der Waals surface area contributed by atoms with Crippen LogP contribution in [0.1, 0.15) is 40.2 Å². The molecular formula is C30H32F2N2O. The van der Waals surface area contributed by atoms with Crippen molar-refractivity contribution in [3.8, 4) is 0 Å². The van der Waals surface area contributed by atoms with Crippen LogP contribution in [0.5, 0.6) is 0 Å².